The van der Waals surface area contributed by atoms with Crippen LogP contribution in [0.15, 0.2) is 59.8 Å². The molecule has 1 heterocycles. The van der Waals surface area contributed by atoms with E-state index >= 15 is 0 Å². The average molecular weight is 255 g/mol. The van der Waals surface area contributed by atoms with Crippen molar-refractivity contribution in [3.63, 3.8) is 0 Å². The molecule has 0 amide bonds. The molecule has 0 aliphatic carbocycles. The lowest BCUT2D eigenvalue weighted by Gasteiger charge is -2.35. The summed E-state index contributed by atoms with van der Waals surface area (Å²) >= 11 is 0. The van der Waals surface area contributed by atoms with Gasteiger partial charge in [0.15, 0.2) is 0 Å². The minimum Gasteiger partial charge on any atom is -0.389 e. The second kappa shape index (κ2) is 5.45. The lowest BCUT2D eigenvalue weighted by atomic mass is 9.94. The van der Waals surface area contributed by atoms with Gasteiger partial charge in [0.2, 0.25) is 0 Å². The first-order valence-corrected chi connectivity index (χ1v) is 6.69. The van der Waals surface area contributed by atoms with Gasteiger partial charge in [-0.1, -0.05) is 36.9 Å². The van der Waals surface area contributed by atoms with Gasteiger partial charge < -0.3 is 10.0 Å². The summed E-state index contributed by atoms with van der Waals surface area (Å²) < 4.78 is 0. The first-order chi connectivity index (χ1) is 9.06. The van der Waals surface area contributed by atoms with Gasteiger partial charge in [-0.15, -0.1) is 0 Å². The molecule has 2 rings (SSSR count). The predicted octanol–water partition coefficient (Wildman–Crippen LogP) is 3.57. The van der Waals surface area contributed by atoms with Gasteiger partial charge >= 0.3 is 0 Å². The minimum absolute atomic E-state index is 0.492. The fourth-order valence-electron chi connectivity index (χ4n) is 2.58. The van der Waals surface area contributed by atoms with Crippen LogP contribution in [0.4, 0.5) is 0 Å². The molecule has 0 saturated heterocycles. The molecule has 0 radical (unpaired) electrons. The second-order valence-electron chi connectivity index (χ2n) is 4.86. The zero-order valence-electron chi connectivity index (χ0n) is 11.9. The highest BCUT2D eigenvalue weighted by Crippen LogP contribution is 2.35. The molecule has 1 unspecified atom stereocenters. The second-order valence-corrected chi connectivity index (χ2v) is 4.86. The standard InChI is InChI=1S/C17H21NO/c1-5-18-13(3)16(14(4)19)11-12(2)17(18)15-9-7-6-8-10-15/h6-11,14,19H,3,5H2,1-2,4H3. The van der Waals surface area contributed by atoms with Crippen LogP contribution >= 0.6 is 0 Å². The van der Waals surface area contributed by atoms with Crippen molar-refractivity contribution < 1.29 is 5.11 Å². The number of aliphatic hydroxyl groups excluding tert-OH is 1. The molecule has 1 N–H and O–H groups in total. The van der Waals surface area contributed by atoms with E-state index in [9.17, 15) is 5.11 Å². The van der Waals surface area contributed by atoms with E-state index in [0.29, 0.717) is 0 Å². The van der Waals surface area contributed by atoms with Crippen LogP contribution in [-0.4, -0.2) is 22.7 Å². The van der Waals surface area contributed by atoms with E-state index in [1.807, 2.05) is 24.3 Å². The highest BCUT2D eigenvalue weighted by Gasteiger charge is 2.24. The molecule has 0 spiro atoms. The van der Waals surface area contributed by atoms with Gasteiger partial charge in [0.05, 0.1) is 11.8 Å². The highest BCUT2D eigenvalue weighted by atomic mass is 16.3. The van der Waals surface area contributed by atoms with Crippen molar-refractivity contribution in [2.45, 2.75) is 26.9 Å². The van der Waals surface area contributed by atoms with Gasteiger partial charge in [-0.2, -0.15) is 0 Å². The molecule has 1 aliphatic heterocycles. The van der Waals surface area contributed by atoms with Crippen LogP contribution in [-0.2, 0) is 0 Å². The summed E-state index contributed by atoms with van der Waals surface area (Å²) in [6, 6.07) is 10.3. The Morgan fingerprint density at radius 1 is 1.26 bits per heavy atom. The first-order valence-electron chi connectivity index (χ1n) is 6.69. The Kier molecular flexibility index (Phi) is 3.91. The smallest absolute Gasteiger partial charge is 0.0782 e. The molecule has 100 valence electrons. The number of rotatable bonds is 3. The van der Waals surface area contributed by atoms with Crippen LogP contribution in [0.25, 0.3) is 5.70 Å². The van der Waals surface area contributed by atoms with Gasteiger partial charge in [0.1, 0.15) is 0 Å². The molecule has 0 saturated carbocycles. The number of hydrogen-bond donors (Lipinski definition) is 1. The van der Waals surface area contributed by atoms with Gasteiger partial charge in [0.25, 0.3) is 0 Å². The Labute approximate surface area is 115 Å². The van der Waals surface area contributed by atoms with Crippen molar-refractivity contribution in [1.82, 2.24) is 4.90 Å². The fraction of sp³-hybridized carbons (Fsp3) is 0.294. The lowest BCUT2D eigenvalue weighted by molar-refractivity contribution is 0.228. The van der Waals surface area contributed by atoms with Gasteiger partial charge in [0, 0.05) is 17.8 Å². The minimum atomic E-state index is -0.492. The number of hydrogen-bond acceptors (Lipinski definition) is 2. The number of aliphatic hydroxyl groups is 1. The Balaban J connectivity index is 2.56. The molecule has 1 aliphatic rings. The van der Waals surface area contributed by atoms with Crippen LogP contribution in [0, 0.1) is 0 Å². The van der Waals surface area contributed by atoms with Gasteiger partial charge in [-0.25, -0.2) is 0 Å². The molecule has 1 aromatic carbocycles. The Morgan fingerprint density at radius 3 is 2.42 bits per heavy atom. The highest BCUT2D eigenvalue weighted by molar-refractivity contribution is 5.74. The monoisotopic (exact) mass is 255 g/mol. The van der Waals surface area contributed by atoms with E-state index in [4.69, 9.17) is 0 Å². The van der Waals surface area contributed by atoms with Crippen LogP contribution < -0.4 is 0 Å². The summed E-state index contributed by atoms with van der Waals surface area (Å²) in [5.41, 5.74) is 5.32. The molecule has 1 atom stereocenters. The van der Waals surface area contributed by atoms with Crippen LogP contribution in [0.1, 0.15) is 26.3 Å². The number of allylic oxidation sites excluding steroid dienone is 2. The number of nitrogens with zero attached hydrogens (tertiary/aromatic N) is 1. The fourth-order valence-corrected chi connectivity index (χ4v) is 2.58. The third-order valence-electron chi connectivity index (χ3n) is 3.49. The maximum absolute atomic E-state index is 9.86. The molecular formula is C17H21NO. The zero-order chi connectivity index (χ0) is 14.0. The van der Waals surface area contributed by atoms with Gasteiger partial charge in [-0.05, 0) is 38.0 Å². The number of benzene rings is 1. The summed E-state index contributed by atoms with van der Waals surface area (Å²) in [5, 5.41) is 9.86. The molecular weight excluding hydrogens is 234 g/mol. The van der Waals surface area contributed by atoms with Gasteiger partial charge in [-0.3, -0.25) is 0 Å². The number of likely N-dealkylation sites (N-methyl/N-ethyl adjacent to an activating group) is 1. The van der Waals surface area contributed by atoms with Crippen molar-refractivity contribution in [3.8, 4) is 0 Å². The first kappa shape index (κ1) is 13.6. The van der Waals surface area contributed by atoms with Crippen molar-refractivity contribution in [1.29, 1.82) is 0 Å². The summed E-state index contributed by atoms with van der Waals surface area (Å²) in [6.45, 7) is 11.0. The average Bonchev–Trinajstić information content (AvgIpc) is 2.41. The van der Waals surface area contributed by atoms with E-state index in [1.165, 1.54) is 11.3 Å². The van der Waals surface area contributed by atoms with Crippen molar-refractivity contribution in [3.05, 3.63) is 65.4 Å². The molecule has 19 heavy (non-hydrogen) atoms. The summed E-state index contributed by atoms with van der Waals surface area (Å²) in [4.78, 5) is 2.17. The third-order valence-corrected chi connectivity index (χ3v) is 3.49. The third kappa shape index (κ3) is 2.49. The van der Waals surface area contributed by atoms with E-state index in [1.54, 1.807) is 6.92 Å². The zero-order valence-corrected chi connectivity index (χ0v) is 11.9. The molecule has 0 fully saturated rings. The van der Waals surface area contributed by atoms with Crippen LogP contribution in [0.3, 0.4) is 0 Å². The normalized spacial score (nSPS) is 17.6. The van der Waals surface area contributed by atoms with Crippen molar-refractivity contribution in [2.24, 2.45) is 0 Å². The Bertz CT molecular complexity index is 538. The topological polar surface area (TPSA) is 23.5 Å². The largest absolute Gasteiger partial charge is 0.389 e. The quantitative estimate of drug-likeness (QED) is 0.892. The van der Waals surface area contributed by atoms with E-state index in [2.05, 4.69) is 37.5 Å². The van der Waals surface area contributed by atoms with E-state index in [0.717, 1.165) is 23.4 Å². The summed E-state index contributed by atoms with van der Waals surface area (Å²) in [6.07, 6.45) is 1.55. The molecule has 2 nitrogen and oxygen atoms in total. The van der Waals surface area contributed by atoms with Crippen LogP contribution in [0.2, 0.25) is 0 Å². The Morgan fingerprint density at radius 2 is 1.89 bits per heavy atom. The summed E-state index contributed by atoms with van der Waals surface area (Å²) in [5.74, 6) is 0. The van der Waals surface area contributed by atoms with Crippen LogP contribution in [0.5, 0.6) is 0 Å². The van der Waals surface area contributed by atoms with Crippen molar-refractivity contribution >= 4 is 5.70 Å². The lowest BCUT2D eigenvalue weighted by Crippen LogP contribution is -2.28. The van der Waals surface area contributed by atoms with E-state index < -0.39 is 6.10 Å². The maximum Gasteiger partial charge on any atom is 0.0782 e. The Hall–Kier alpha value is -1.80. The van der Waals surface area contributed by atoms with E-state index in [-0.39, 0.29) is 0 Å². The SMILES string of the molecule is C=C1C(C(C)O)=CC(C)=C(c2ccccc2)N1CC. The molecule has 0 aromatic heterocycles. The maximum atomic E-state index is 9.86. The molecule has 1 aromatic rings. The molecule has 2 heteroatoms. The van der Waals surface area contributed by atoms with Crippen molar-refractivity contribution in [2.75, 3.05) is 6.54 Å². The summed E-state index contributed by atoms with van der Waals surface area (Å²) in [7, 11) is 0. The molecule has 0 bridgehead atoms. The predicted molar refractivity (Wildman–Crippen MR) is 80.3 cm³/mol.